The number of anilines is 2. The van der Waals surface area contributed by atoms with Gasteiger partial charge in [0.2, 0.25) is 0 Å². The maximum Gasteiger partial charge on any atom is 0.152 e. The summed E-state index contributed by atoms with van der Waals surface area (Å²) in [7, 11) is 1.88. The van der Waals surface area contributed by atoms with Gasteiger partial charge in [0.1, 0.15) is 11.6 Å². The first-order valence-electron chi connectivity index (χ1n) is 5.30. The maximum absolute atomic E-state index is 11.0. The van der Waals surface area contributed by atoms with Gasteiger partial charge in [-0.25, -0.2) is 9.97 Å². The van der Waals surface area contributed by atoms with Crippen LogP contribution in [0.5, 0.6) is 0 Å². The number of benzene rings is 1. The van der Waals surface area contributed by atoms with Crippen LogP contribution in [0.2, 0.25) is 0 Å². The van der Waals surface area contributed by atoms with Crippen molar-refractivity contribution in [3.8, 4) is 0 Å². The normalized spacial score (nSPS) is 10.0. The van der Waals surface area contributed by atoms with E-state index in [0.29, 0.717) is 11.4 Å². The van der Waals surface area contributed by atoms with E-state index in [0.717, 1.165) is 17.8 Å². The second-order valence-electron chi connectivity index (χ2n) is 3.70. The molecule has 0 bridgehead atoms. The van der Waals surface area contributed by atoms with Gasteiger partial charge >= 0.3 is 0 Å². The summed E-state index contributed by atoms with van der Waals surface area (Å²) >= 11 is 0. The molecule has 0 fully saturated rings. The molecule has 0 unspecified atom stereocenters. The summed E-state index contributed by atoms with van der Waals surface area (Å²) in [5, 5.41) is 0. The standard InChI is InChI=1S/C13H13N3O/c1-10-14-8-7-13(15-10)16(2)12-6-4-3-5-11(12)9-17/h3-9H,1-2H3. The van der Waals surface area contributed by atoms with E-state index in [4.69, 9.17) is 0 Å². The van der Waals surface area contributed by atoms with Crippen LogP contribution in [0.25, 0.3) is 0 Å². The van der Waals surface area contributed by atoms with Crippen molar-refractivity contribution >= 4 is 17.8 Å². The van der Waals surface area contributed by atoms with Gasteiger partial charge in [0.25, 0.3) is 0 Å². The molecular weight excluding hydrogens is 214 g/mol. The summed E-state index contributed by atoms with van der Waals surface area (Å²) in [6, 6.07) is 9.22. The third kappa shape index (κ3) is 2.30. The maximum atomic E-state index is 11.0. The average molecular weight is 227 g/mol. The molecule has 0 saturated carbocycles. The van der Waals surface area contributed by atoms with Gasteiger partial charge in [0, 0.05) is 18.8 Å². The molecule has 4 heteroatoms. The molecule has 0 aliphatic carbocycles. The molecule has 0 radical (unpaired) electrons. The Morgan fingerprint density at radius 2 is 2.00 bits per heavy atom. The molecule has 2 rings (SSSR count). The third-order valence-corrected chi connectivity index (χ3v) is 2.53. The number of rotatable bonds is 3. The monoisotopic (exact) mass is 227 g/mol. The van der Waals surface area contributed by atoms with Crippen molar-refractivity contribution in [2.75, 3.05) is 11.9 Å². The van der Waals surface area contributed by atoms with Crippen molar-refractivity contribution < 1.29 is 4.79 Å². The van der Waals surface area contributed by atoms with E-state index in [1.165, 1.54) is 0 Å². The van der Waals surface area contributed by atoms with Gasteiger partial charge in [-0.1, -0.05) is 12.1 Å². The fourth-order valence-electron chi connectivity index (χ4n) is 1.65. The number of nitrogens with zero attached hydrogens (tertiary/aromatic N) is 3. The van der Waals surface area contributed by atoms with E-state index in [-0.39, 0.29) is 0 Å². The molecule has 0 saturated heterocycles. The fourth-order valence-corrected chi connectivity index (χ4v) is 1.65. The van der Waals surface area contributed by atoms with Crippen molar-refractivity contribution in [1.29, 1.82) is 0 Å². The highest BCUT2D eigenvalue weighted by molar-refractivity contribution is 5.86. The van der Waals surface area contributed by atoms with Gasteiger partial charge in [-0.15, -0.1) is 0 Å². The SMILES string of the molecule is Cc1nccc(N(C)c2ccccc2C=O)n1. The fraction of sp³-hybridized carbons (Fsp3) is 0.154. The Morgan fingerprint density at radius 3 is 2.71 bits per heavy atom. The van der Waals surface area contributed by atoms with E-state index in [9.17, 15) is 4.79 Å². The van der Waals surface area contributed by atoms with Gasteiger partial charge < -0.3 is 4.90 Å². The highest BCUT2D eigenvalue weighted by Gasteiger charge is 2.09. The second-order valence-corrected chi connectivity index (χ2v) is 3.70. The van der Waals surface area contributed by atoms with E-state index < -0.39 is 0 Å². The number of aldehydes is 1. The van der Waals surface area contributed by atoms with Gasteiger partial charge in [0.05, 0.1) is 5.69 Å². The minimum absolute atomic E-state index is 0.645. The minimum Gasteiger partial charge on any atom is -0.329 e. The number of hydrogen-bond acceptors (Lipinski definition) is 4. The number of carbonyl (C=O) groups is 1. The van der Waals surface area contributed by atoms with Crippen molar-refractivity contribution in [3.63, 3.8) is 0 Å². The van der Waals surface area contributed by atoms with E-state index in [1.807, 2.05) is 43.1 Å². The van der Waals surface area contributed by atoms with Gasteiger partial charge in [-0.05, 0) is 25.1 Å². The molecule has 0 N–H and O–H groups in total. The molecule has 1 heterocycles. The zero-order chi connectivity index (χ0) is 12.3. The van der Waals surface area contributed by atoms with E-state index in [2.05, 4.69) is 9.97 Å². The summed E-state index contributed by atoms with van der Waals surface area (Å²) in [5.41, 5.74) is 1.48. The quantitative estimate of drug-likeness (QED) is 0.755. The molecule has 0 amide bonds. The smallest absolute Gasteiger partial charge is 0.152 e. The predicted molar refractivity (Wildman–Crippen MR) is 66.7 cm³/mol. The number of aromatic nitrogens is 2. The lowest BCUT2D eigenvalue weighted by atomic mass is 10.2. The predicted octanol–water partition coefficient (Wildman–Crippen LogP) is 2.37. The molecule has 86 valence electrons. The molecular formula is C13H13N3O. The van der Waals surface area contributed by atoms with Crippen molar-refractivity contribution in [2.45, 2.75) is 6.92 Å². The van der Waals surface area contributed by atoms with Crippen LogP contribution in [0.4, 0.5) is 11.5 Å². The highest BCUT2D eigenvalue weighted by atomic mass is 16.1. The van der Waals surface area contributed by atoms with E-state index >= 15 is 0 Å². The van der Waals surface area contributed by atoms with Crippen LogP contribution >= 0.6 is 0 Å². The summed E-state index contributed by atoms with van der Waals surface area (Å²) in [5.74, 6) is 1.48. The first kappa shape index (κ1) is 11.3. The Balaban J connectivity index is 2.43. The Kier molecular flexibility index (Phi) is 3.14. The second kappa shape index (κ2) is 4.74. The molecule has 17 heavy (non-hydrogen) atoms. The van der Waals surface area contributed by atoms with Crippen LogP contribution in [0.1, 0.15) is 16.2 Å². The highest BCUT2D eigenvalue weighted by Crippen LogP contribution is 2.23. The van der Waals surface area contributed by atoms with Crippen LogP contribution in [0.15, 0.2) is 36.5 Å². The van der Waals surface area contributed by atoms with Crippen LogP contribution in [0.3, 0.4) is 0 Å². The largest absolute Gasteiger partial charge is 0.329 e. The number of aryl methyl sites for hydroxylation is 1. The average Bonchev–Trinajstić information content (AvgIpc) is 2.38. The molecule has 4 nitrogen and oxygen atoms in total. The van der Waals surface area contributed by atoms with Crippen LogP contribution in [-0.4, -0.2) is 23.3 Å². The van der Waals surface area contributed by atoms with Crippen LogP contribution < -0.4 is 4.90 Å². The summed E-state index contributed by atoms with van der Waals surface area (Å²) < 4.78 is 0. The van der Waals surface area contributed by atoms with Gasteiger partial charge in [-0.2, -0.15) is 0 Å². The lowest BCUT2D eigenvalue weighted by Gasteiger charge is -2.19. The third-order valence-electron chi connectivity index (χ3n) is 2.53. The lowest BCUT2D eigenvalue weighted by Crippen LogP contribution is -2.13. The Hall–Kier alpha value is -2.23. The zero-order valence-corrected chi connectivity index (χ0v) is 9.79. The van der Waals surface area contributed by atoms with Gasteiger partial charge in [0.15, 0.2) is 6.29 Å². The molecule has 2 aromatic rings. The molecule has 0 aliphatic heterocycles. The molecule has 0 aliphatic rings. The first-order chi connectivity index (χ1) is 8.22. The summed E-state index contributed by atoms with van der Waals surface area (Å²) in [4.78, 5) is 21.2. The minimum atomic E-state index is 0.645. The molecule has 0 atom stereocenters. The Labute approximate surface area is 99.9 Å². The van der Waals surface area contributed by atoms with Crippen molar-refractivity contribution in [3.05, 3.63) is 47.9 Å². The van der Waals surface area contributed by atoms with E-state index in [1.54, 1.807) is 12.3 Å². The van der Waals surface area contributed by atoms with Crippen LogP contribution in [-0.2, 0) is 0 Å². The lowest BCUT2D eigenvalue weighted by molar-refractivity contribution is 0.112. The van der Waals surface area contributed by atoms with Crippen molar-refractivity contribution in [2.24, 2.45) is 0 Å². The Morgan fingerprint density at radius 1 is 1.24 bits per heavy atom. The number of para-hydroxylation sites is 1. The summed E-state index contributed by atoms with van der Waals surface area (Å²) in [6.07, 6.45) is 2.55. The number of hydrogen-bond donors (Lipinski definition) is 0. The Bertz CT molecular complexity index is 540. The molecule has 1 aromatic heterocycles. The van der Waals surface area contributed by atoms with Gasteiger partial charge in [-0.3, -0.25) is 4.79 Å². The summed E-state index contributed by atoms with van der Waals surface area (Å²) in [6.45, 7) is 1.84. The first-order valence-corrected chi connectivity index (χ1v) is 5.30. The van der Waals surface area contributed by atoms with Crippen LogP contribution in [0, 0.1) is 6.92 Å². The van der Waals surface area contributed by atoms with Crippen molar-refractivity contribution in [1.82, 2.24) is 9.97 Å². The topological polar surface area (TPSA) is 46.1 Å². The number of carbonyl (C=O) groups excluding carboxylic acids is 1. The zero-order valence-electron chi connectivity index (χ0n) is 9.79. The molecule has 1 aromatic carbocycles. The molecule has 0 spiro atoms.